The molecule has 0 rings (SSSR count). The van der Waals surface area contributed by atoms with E-state index in [2.05, 4.69) is 34.6 Å². The van der Waals surface area contributed by atoms with E-state index in [0.29, 0.717) is 5.92 Å². The summed E-state index contributed by atoms with van der Waals surface area (Å²) in [7, 11) is 0. The summed E-state index contributed by atoms with van der Waals surface area (Å²) in [6, 6.07) is 0. The Kier molecular flexibility index (Phi) is 2.76. The summed E-state index contributed by atoms with van der Waals surface area (Å²) in [6.07, 6.45) is 0.983. The molecule has 1 unspecified atom stereocenters. The van der Waals surface area contributed by atoms with Gasteiger partial charge in [-0.3, -0.25) is 0 Å². The van der Waals surface area contributed by atoms with Crippen LogP contribution in [0.3, 0.4) is 0 Å². The van der Waals surface area contributed by atoms with Gasteiger partial charge < -0.3 is 0 Å². The van der Waals surface area contributed by atoms with Crippen LogP contribution in [0.5, 0.6) is 0 Å². The minimum Gasteiger partial charge on any atom is -0.0628 e. The molecule has 0 N–H and O–H groups in total. The number of rotatable bonds is 2. The fraction of sp³-hybridized carbons (Fsp3) is 1.00. The molecule has 0 saturated carbocycles. The van der Waals surface area contributed by atoms with Crippen LogP contribution in [0.1, 0.15) is 49.3 Å². The molecule has 0 heterocycles. The second-order valence-corrected chi connectivity index (χ2v) is 4.63. The smallest absolute Gasteiger partial charge is 0.0305 e. The molecule has 0 aromatic heterocycles. The SMILES string of the molecule is [2H]C(C)(CC(C)C)C(C)(C)C. The van der Waals surface area contributed by atoms with Gasteiger partial charge in [0.15, 0.2) is 0 Å². The minimum atomic E-state index is -0.291. The average molecular weight is 143 g/mol. The van der Waals surface area contributed by atoms with Crippen LogP contribution < -0.4 is 0 Å². The van der Waals surface area contributed by atoms with Gasteiger partial charge in [-0.05, 0) is 23.6 Å². The van der Waals surface area contributed by atoms with Crippen molar-refractivity contribution in [1.82, 2.24) is 0 Å². The van der Waals surface area contributed by atoms with Crippen molar-refractivity contribution in [3.05, 3.63) is 0 Å². The number of hydrogen-bond donors (Lipinski definition) is 0. The maximum absolute atomic E-state index is 8.11. The molecular formula is C10H22. The van der Waals surface area contributed by atoms with Gasteiger partial charge in [0.25, 0.3) is 0 Å². The molecule has 62 valence electrons. The Balaban J connectivity index is 4.22. The van der Waals surface area contributed by atoms with Crippen molar-refractivity contribution in [3.8, 4) is 0 Å². The lowest BCUT2D eigenvalue weighted by molar-refractivity contribution is 0.224. The van der Waals surface area contributed by atoms with E-state index in [4.69, 9.17) is 1.37 Å². The highest BCUT2D eigenvalue weighted by molar-refractivity contribution is 4.70. The Morgan fingerprint density at radius 3 is 1.70 bits per heavy atom. The van der Waals surface area contributed by atoms with Crippen LogP contribution in [0.15, 0.2) is 0 Å². The van der Waals surface area contributed by atoms with Crippen LogP contribution in [0, 0.1) is 17.2 Å². The van der Waals surface area contributed by atoms with Crippen molar-refractivity contribution >= 4 is 0 Å². The predicted octanol–water partition coefficient (Wildman–Crippen LogP) is 3.71. The van der Waals surface area contributed by atoms with Crippen molar-refractivity contribution in [2.45, 2.75) is 48.0 Å². The first-order valence-corrected chi connectivity index (χ1v) is 4.17. The zero-order chi connectivity index (χ0) is 9.28. The first kappa shape index (κ1) is 8.10. The van der Waals surface area contributed by atoms with Crippen LogP contribution in [-0.4, -0.2) is 0 Å². The lowest BCUT2D eigenvalue weighted by Crippen LogP contribution is -2.18. The van der Waals surface area contributed by atoms with Crippen LogP contribution in [0.25, 0.3) is 0 Å². The minimum absolute atomic E-state index is 0.0945. The Morgan fingerprint density at radius 1 is 1.20 bits per heavy atom. The molecule has 0 saturated heterocycles. The highest BCUT2D eigenvalue weighted by Crippen LogP contribution is 2.30. The van der Waals surface area contributed by atoms with Gasteiger partial charge in [0, 0.05) is 1.37 Å². The summed E-state index contributed by atoms with van der Waals surface area (Å²) in [5, 5.41) is 0. The fourth-order valence-electron chi connectivity index (χ4n) is 0.919. The molecule has 1 atom stereocenters. The summed E-state index contributed by atoms with van der Waals surface area (Å²) < 4.78 is 8.11. The van der Waals surface area contributed by atoms with Crippen molar-refractivity contribution in [2.24, 2.45) is 17.2 Å². The van der Waals surface area contributed by atoms with Crippen molar-refractivity contribution < 1.29 is 1.37 Å². The van der Waals surface area contributed by atoms with Crippen LogP contribution in [0.4, 0.5) is 0 Å². The molecule has 0 spiro atoms. The lowest BCUT2D eigenvalue weighted by atomic mass is 9.78. The Morgan fingerprint density at radius 2 is 1.60 bits per heavy atom. The van der Waals surface area contributed by atoms with Crippen LogP contribution >= 0.6 is 0 Å². The highest BCUT2D eigenvalue weighted by atomic mass is 14.3. The van der Waals surface area contributed by atoms with E-state index in [1.165, 1.54) is 0 Å². The largest absolute Gasteiger partial charge is 0.0628 e. The molecule has 0 bridgehead atoms. The molecule has 0 fully saturated rings. The van der Waals surface area contributed by atoms with Gasteiger partial charge in [0.2, 0.25) is 0 Å². The maximum Gasteiger partial charge on any atom is 0.0305 e. The summed E-state index contributed by atoms with van der Waals surface area (Å²) in [5.74, 6) is 0.331. The van der Waals surface area contributed by atoms with Crippen LogP contribution in [-0.2, 0) is 0 Å². The van der Waals surface area contributed by atoms with E-state index >= 15 is 0 Å². The molecular weight excluding hydrogens is 120 g/mol. The van der Waals surface area contributed by atoms with Crippen molar-refractivity contribution in [2.75, 3.05) is 0 Å². The first-order valence-electron chi connectivity index (χ1n) is 4.67. The van der Waals surface area contributed by atoms with Gasteiger partial charge in [-0.15, -0.1) is 0 Å². The summed E-state index contributed by atoms with van der Waals surface area (Å²) in [5.41, 5.74) is 0.0945. The maximum atomic E-state index is 8.11. The quantitative estimate of drug-likeness (QED) is 0.552. The number of hydrogen-bond acceptors (Lipinski definition) is 0. The molecule has 0 amide bonds. The molecule has 0 aliphatic carbocycles. The predicted molar refractivity (Wildman–Crippen MR) is 48.1 cm³/mol. The van der Waals surface area contributed by atoms with E-state index in [1.807, 2.05) is 6.92 Å². The first-order chi connectivity index (χ1) is 4.67. The van der Waals surface area contributed by atoms with Gasteiger partial charge in [-0.2, -0.15) is 0 Å². The van der Waals surface area contributed by atoms with Gasteiger partial charge >= 0.3 is 0 Å². The second-order valence-electron chi connectivity index (χ2n) is 4.63. The third-order valence-electron chi connectivity index (χ3n) is 1.99. The summed E-state index contributed by atoms with van der Waals surface area (Å²) >= 11 is 0. The molecule has 0 heteroatoms. The zero-order valence-electron chi connectivity index (χ0n) is 9.28. The van der Waals surface area contributed by atoms with Gasteiger partial charge in [0.05, 0.1) is 0 Å². The highest BCUT2D eigenvalue weighted by Gasteiger charge is 2.20. The van der Waals surface area contributed by atoms with E-state index in [0.717, 1.165) is 6.42 Å². The monoisotopic (exact) mass is 143 g/mol. The van der Waals surface area contributed by atoms with Crippen LogP contribution in [0.2, 0.25) is 0 Å². The molecule has 0 aromatic carbocycles. The van der Waals surface area contributed by atoms with Gasteiger partial charge in [-0.1, -0.05) is 41.5 Å². The van der Waals surface area contributed by atoms with Gasteiger partial charge in [-0.25, -0.2) is 0 Å². The molecule has 10 heavy (non-hydrogen) atoms. The summed E-state index contributed by atoms with van der Waals surface area (Å²) in [6.45, 7) is 12.8. The van der Waals surface area contributed by atoms with E-state index in [-0.39, 0.29) is 11.3 Å². The fourth-order valence-corrected chi connectivity index (χ4v) is 0.919. The topological polar surface area (TPSA) is 0 Å². The Bertz CT molecular complexity index is 117. The molecule has 0 aromatic rings. The Hall–Kier alpha value is 0. The van der Waals surface area contributed by atoms with E-state index < -0.39 is 0 Å². The van der Waals surface area contributed by atoms with E-state index in [9.17, 15) is 0 Å². The average Bonchev–Trinajstić information content (AvgIpc) is 1.56. The normalized spacial score (nSPS) is 20.5. The third kappa shape index (κ3) is 3.92. The van der Waals surface area contributed by atoms with Gasteiger partial charge in [0.1, 0.15) is 0 Å². The molecule has 0 nitrogen and oxygen atoms in total. The molecule has 0 aliphatic rings. The lowest BCUT2D eigenvalue weighted by Gasteiger charge is -2.28. The second kappa shape index (κ2) is 3.41. The van der Waals surface area contributed by atoms with Crippen molar-refractivity contribution in [1.29, 1.82) is 0 Å². The molecule has 0 radical (unpaired) electrons. The molecule has 0 aliphatic heterocycles. The van der Waals surface area contributed by atoms with Crippen molar-refractivity contribution in [3.63, 3.8) is 0 Å². The zero-order valence-corrected chi connectivity index (χ0v) is 8.28. The standard InChI is InChI=1S/C10H22/c1-8(2)7-9(3)10(4,5)6/h8-9H,7H2,1-6H3/i9D. The summed E-state index contributed by atoms with van der Waals surface area (Å²) in [4.78, 5) is 0. The Labute approximate surface area is 67.4 Å². The third-order valence-corrected chi connectivity index (χ3v) is 1.99. The van der Waals surface area contributed by atoms with E-state index in [1.54, 1.807) is 0 Å².